The molecule has 0 amide bonds. The van der Waals surface area contributed by atoms with E-state index in [0.29, 0.717) is 17.6 Å². The van der Waals surface area contributed by atoms with Gasteiger partial charge in [0.05, 0.1) is 40.5 Å². The normalized spacial score (nSPS) is 11.6. The zero-order valence-electron chi connectivity index (χ0n) is 18.1. The molecule has 0 spiro atoms. The van der Waals surface area contributed by atoms with Crippen molar-refractivity contribution >= 4 is 27.8 Å². The highest BCUT2D eigenvalue weighted by molar-refractivity contribution is 5.96. The first-order valence-electron chi connectivity index (χ1n) is 10.7. The smallest absolute Gasteiger partial charge is 0.161 e. The third kappa shape index (κ3) is 3.41. The van der Waals surface area contributed by atoms with Crippen molar-refractivity contribution in [3.8, 4) is 33.9 Å². The van der Waals surface area contributed by atoms with Gasteiger partial charge in [0, 0.05) is 35.1 Å². The first-order valence-corrected chi connectivity index (χ1v) is 10.7. The van der Waals surface area contributed by atoms with Gasteiger partial charge < -0.3 is 14.7 Å². The van der Waals surface area contributed by atoms with Crippen molar-refractivity contribution in [2.45, 2.75) is 19.9 Å². The van der Waals surface area contributed by atoms with E-state index >= 15 is 0 Å². The van der Waals surface area contributed by atoms with Crippen molar-refractivity contribution in [2.24, 2.45) is 0 Å². The Kier molecular flexibility index (Phi) is 4.43. The summed E-state index contributed by atoms with van der Waals surface area (Å²) in [6.45, 7) is 4.19. The van der Waals surface area contributed by atoms with Gasteiger partial charge in [-0.2, -0.15) is 5.10 Å². The Balaban J connectivity index is 1.45. The number of nitrogens with zero attached hydrogens (tertiary/aromatic N) is 4. The van der Waals surface area contributed by atoms with Gasteiger partial charge in [0.1, 0.15) is 5.52 Å². The molecule has 6 aromatic rings. The second-order valence-electron chi connectivity index (χ2n) is 8.23. The van der Waals surface area contributed by atoms with Crippen molar-refractivity contribution in [2.75, 3.05) is 5.32 Å². The quantitative estimate of drug-likeness (QED) is 0.323. The minimum Gasteiger partial charge on any atom is -0.472 e. The number of furan rings is 1. The predicted molar refractivity (Wildman–Crippen MR) is 129 cm³/mol. The first kappa shape index (κ1) is 19.2. The van der Waals surface area contributed by atoms with E-state index in [9.17, 15) is 0 Å². The lowest BCUT2D eigenvalue weighted by atomic mass is 10.1. The number of anilines is 1. The Morgan fingerprint density at radius 2 is 1.88 bits per heavy atom. The molecule has 8 heteroatoms. The lowest BCUT2D eigenvalue weighted by Crippen LogP contribution is -2.09. The molecule has 0 bridgehead atoms. The first-order chi connectivity index (χ1) is 16.2. The third-order valence-electron chi connectivity index (χ3n) is 5.47. The van der Waals surface area contributed by atoms with E-state index in [4.69, 9.17) is 14.4 Å². The molecule has 6 rings (SSSR count). The number of hydrogen-bond donors (Lipinski definition) is 3. The van der Waals surface area contributed by atoms with Crippen molar-refractivity contribution in [1.82, 2.24) is 30.1 Å². The summed E-state index contributed by atoms with van der Waals surface area (Å²) in [4.78, 5) is 17.5. The molecule has 0 radical (unpaired) electrons. The number of benzene rings is 1. The number of fused-ring (bicyclic) bond motifs is 2. The van der Waals surface area contributed by atoms with Gasteiger partial charge in [-0.25, -0.2) is 9.97 Å². The van der Waals surface area contributed by atoms with Crippen LogP contribution in [0.25, 0.3) is 56.0 Å². The molecular weight excluding hydrogens is 414 g/mol. The molecule has 0 fully saturated rings. The summed E-state index contributed by atoms with van der Waals surface area (Å²) in [5.74, 6) is 0.658. The Bertz CT molecular complexity index is 1580. The number of aromatic nitrogens is 6. The molecule has 1 aromatic carbocycles. The van der Waals surface area contributed by atoms with E-state index < -0.39 is 0 Å². The molecule has 0 saturated heterocycles. The monoisotopic (exact) mass is 435 g/mol. The molecule has 0 saturated carbocycles. The fourth-order valence-electron chi connectivity index (χ4n) is 4.01. The highest BCUT2D eigenvalue weighted by atomic mass is 16.3. The summed E-state index contributed by atoms with van der Waals surface area (Å²) in [6.07, 6.45) is 7.02. The van der Waals surface area contributed by atoms with Gasteiger partial charge in [0.25, 0.3) is 0 Å². The van der Waals surface area contributed by atoms with E-state index in [1.54, 1.807) is 12.5 Å². The topological polar surface area (TPSA) is 108 Å². The van der Waals surface area contributed by atoms with Crippen LogP contribution in [0.3, 0.4) is 0 Å². The molecule has 5 heterocycles. The molecule has 5 aromatic heterocycles. The van der Waals surface area contributed by atoms with Crippen LogP contribution < -0.4 is 5.32 Å². The lowest BCUT2D eigenvalue weighted by Gasteiger charge is -2.10. The van der Waals surface area contributed by atoms with Gasteiger partial charge in [0.15, 0.2) is 11.5 Å². The largest absolute Gasteiger partial charge is 0.472 e. The van der Waals surface area contributed by atoms with Gasteiger partial charge in [-0.3, -0.25) is 10.1 Å². The Labute approximate surface area is 189 Å². The Hall–Kier alpha value is -4.46. The number of H-pyrrole nitrogens is 2. The van der Waals surface area contributed by atoms with Crippen LogP contribution >= 0.6 is 0 Å². The average molecular weight is 435 g/mol. The number of aromatic amines is 2. The van der Waals surface area contributed by atoms with Gasteiger partial charge in [0.2, 0.25) is 0 Å². The van der Waals surface area contributed by atoms with Crippen molar-refractivity contribution < 1.29 is 4.42 Å². The molecule has 3 N–H and O–H groups in total. The van der Waals surface area contributed by atoms with Gasteiger partial charge >= 0.3 is 0 Å². The molecular formula is C25H21N7O. The minimum absolute atomic E-state index is 0.318. The van der Waals surface area contributed by atoms with Crippen LogP contribution in [0.15, 0.2) is 71.8 Å². The summed E-state index contributed by atoms with van der Waals surface area (Å²) in [5.41, 5.74) is 8.73. The summed E-state index contributed by atoms with van der Waals surface area (Å²) >= 11 is 0. The van der Waals surface area contributed by atoms with Crippen molar-refractivity contribution in [3.05, 3.63) is 67.4 Å². The maximum absolute atomic E-state index is 5.26. The molecule has 0 aliphatic rings. The Morgan fingerprint density at radius 3 is 2.73 bits per heavy atom. The van der Waals surface area contributed by atoms with Crippen LogP contribution in [0.2, 0.25) is 0 Å². The lowest BCUT2D eigenvalue weighted by molar-refractivity contribution is 0.568. The highest BCUT2D eigenvalue weighted by Crippen LogP contribution is 2.32. The van der Waals surface area contributed by atoms with E-state index in [2.05, 4.69) is 45.4 Å². The molecule has 162 valence electrons. The summed E-state index contributed by atoms with van der Waals surface area (Å²) < 4.78 is 5.26. The second kappa shape index (κ2) is 7.59. The fraction of sp³-hybridized carbons (Fsp3) is 0.120. The van der Waals surface area contributed by atoms with E-state index in [-0.39, 0.29) is 0 Å². The second-order valence-corrected chi connectivity index (χ2v) is 8.23. The van der Waals surface area contributed by atoms with E-state index in [0.717, 1.165) is 50.1 Å². The third-order valence-corrected chi connectivity index (χ3v) is 5.47. The SMILES string of the molecule is CC(C)Nc1cncc(-c2ccc3[nH]nc(-c4nc5c(-c6ccoc6)cccc5[nH]4)c3n2)c1. The summed E-state index contributed by atoms with van der Waals surface area (Å²) in [5, 5.41) is 11.0. The van der Waals surface area contributed by atoms with Crippen LogP contribution in [0.5, 0.6) is 0 Å². The molecule has 0 atom stereocenters. The molecule has 8 nitrogen and oxygen atoms in total. The Morgan fingerprint density at radius 1 is 0.939 bits per heavy atom. The van der Waals surface area contributed by atoms with E-state index in [1.165, 1.54) is 0 Å². The average Bonchev–Trinajstić information content (AvgIpc) is 3.57. The van der Waals surface area contributed by atoms with Crippen molar-refractivity contribution in [3.63, 3.8) is 0 Å². The maximum atomic E-state index is 5.26. The molecule has 0 unspecified atom stereocenters. The molecule has 0 aliphatic carbocycles. The minimum atomic E-state index is 0.318. The standard InChI is InChI=1S/C25H21N7O/c1-14(2)27-17-10-16(11-26-12-17)19-6-7-21-23(28-19)24(32-31-21)25-29-20-5-3-4-18(22(20)30-25)15-8-9-33-13-15/h3-14,27H,1-2H3,(H,29,30)(H,31,32). The number of nitrogens with one attached hydrogen (secondary N) is 3. The number of imidazole rings is 1. The summed E-state index contributed by atoms with van der Waals surface area (Å²) in [6, 6.07) is 14.3. The number of pyridine rings is 2. The van der Waals surface area contributed by atoms with Crippen LogP contribution in [-0.2, 0) is 0 Å². The fourth-order valence-corrected chi connectivity index (χ4v) is 4.01. The van der Waals surface area contributed by atoms with Crippen LogP contribution in [0.4, 0.5) is 5.69 Å². The predicted octanol–water partition coefficient (Wildman–Crippen LogP) is 5.64. The number of rotatable bonds is 5. The number of para-hydroxylation sites is 1. The van der Waals surface area contributed by atoms with Gasteiger partial charge in [-0.05, 0) is 44.2 Å². The van der Waals surface area contributed by atoms with Gasteiger partial charge in [-0.15, -0.1) is 0 Å². The molecule has 0 aliphatic heterocycles. The zero-order chi connectivity index (χ0) is 22.4. The van der Waals surface area contributed by atoms with Crippen molar-refractivity contribution in [1.29, 1.82) is 0 Å². The summed E-state index contributed by atoms with van der Waals surface area (Å²) in [7, 11) is 0. The highest BCUT2D eigenvalue weighted by Gasteiger charge is 2.17. The van der Waals surface area contributed by atoms with E-state index in [1.807, 2.05) is 48.8 Å². The molecule has 33 heavy (non-hydrogen) atoms. The van der Waals surface area contributed by atoms with Gasteiger partial charge in [-0.1, -0.05) is 12.1 Å². The van der Waals surface area contributed by atoms with Crippen LogP contribution in [0, 0.1) is 0 Å². The van der Waals surface area contributed by atoms with Crippen LogP contribution in [-0.4, -0.2) is 36.2 Å². The number of hydrogen-bond acceptors (Lipinski definition) is 6. The zero-order valence-corrected chi connectivity index (χ0v) is 18.1. The maximum Gasteiger partial charge on any atom is 0.161 e. The van der Waals surface area contributed by atoms with Crippen LogP contribution in [0.1, 0.15) is 13.8 Å².